The minimum atomic E-state index is -0.585. The number of ether oxygens (including phenoxy) is 3. The van der Waals surface area contributed by atoms with Crippen LogP contribution < -0.4 is 19.9 Å². The van der Waals surface area contributed by atoms with Crippen molar-refractivity contribution in [2.24, 2.45) is 10.7 Å². The number of aliphatic imine (C=N–C) groups is 1. The summed E-state index contributed by atoms with van der Waals surface area (Å²) in [5.74, 6) is 1.31. The van der Waals surface area contributed by atoms with E-state index in [2.05, 4.69) is 4.99 Å². The van der Waals surface area contributed by atoms with Gasteiger partial charge in [0.25, 0.3) is 0 Å². The molecule has 2 aliphatic rings. The van der Waals surface area contributed by atoms with Crippen molar-refractivity contribution in [1.82, 2.24) is 4.90 Å². The molecule has 2 aromatic rings. The van der Waals surface area contributed by atoms with Crippen molar-refractivity contribution < 1.29 is 23.8 Å². The van der Waals surface area contributed by atoms with Crippen LogP contribution in [-0.2, 0) is 16.1 Å². The molecule has 0 aliphatic carbocycles. The van der Waals surface area contributed by atoms with Gasteiger partial charge in [0.05, 0.1) is 19.3 Å². The predicted octanol–water partition coefficient (Wildman–Crippen LogP) is 2.43. The van der Waals surface area contributed by atoms with Gasteiger partial charge < -0.3 is 19.9 Å². The number of carbonyl (C=O) groups is 2. The summed E-state index contributed by atoms with van der Waals surface area (Å²) >= 11 is 1.24. The first kappa shape index (κ1) is 19.1. The molecule has 9 heteroatoms. The Balaban J connectivity index is 1.62. The van der Waals surface area contributed by atoms with E-state index in [1.807, 2.05) is 18.2 Å². The highest BCUT2D eigenvalue weighted by Crippen LogP contribution is 2.36. The van der Waals surface area contributed by atoms with Crippen molar-refractivity contribution >= 4 is 34.4 Å². The monoisotopic (exact) mass is 413 g/mol. The zero-order valence-electron chi connectivity index (χ0n) is 15.7. The first-order chi connectivity index (χ1) is 14.0. The first-order valence-corrected chi connectivity index (χ1v) is 9.79. The van der Waals surface area contributed by atoms with Crippen LogP contribution in [0, 0.1) is 0 Å². The molecule has 0 radical (unpaired) electrons. The van der Waals surface area contributed by atoms with Gasteiger partial charge in [0.1, 0.15) is 11.0 Å². The fourth-order valence-corrected chi connectivity index (χ4v) is 4.21. The number of hydrogen-bond acceptors (Lipinski definition) is 7. The Bertz CT molecular complexity index is 977. The summed E-state index contributed by atoms with van der Waals surface area (Å²) in [4.78, 5) is 30.5. The predicted molar refractivity (Wildman–Crippen MR) is 108 cm³/mol. The molecule has 2 aliphatic heterocycles. The third-order valence-corrected chi connectivity index (χ3v) is 5.66. The van der Waals surface area contributed by atoms with Crippen molar-refractivity contribution in [3.8, 4) is 17.2 Å². The van der Waals surface area contributed by atoms with Gasteiger partial charge >= 0.3 is 0 Å². The van der Waals surface area contributed by atoms with E-state index in [9.17, 15) is 9.59 Å². The zero-order valence-corrected chi connectivity index (χ0v) is 16.5. The van der Waals surface area contributed by atoms with Gasteiger partial charge in [-0.2, -0.15) is 0 Å². The SMILES string of the molecule is COc1ccc(N=C2SC(CC(N)=O)C(=O)N2Cc2ccc3c(c2)OCO3)cc1. The molecule has 0 bridgehead atoms. The maximum absolute atomic E-state index is 12.9. The second-order valence-corrected chi connectivity index (χ2v) is 7.65. The number of amidine groups is 1. The molecule has 0 spiro atoms. The molecule has 0 aromatic heterocycles. The van der Waals surface area contributed by atoms with Gasteiger partial charge in [-0.1, -0.05) is 17.8 Å². The third-order valence-electron chi connectivity index (χ3n) is 4.48. The standard InChI is InChI=1S/C20H19N3O5S/c1-26-14-5-3-13(4-6-14)22-20-23(19(25)17(29-20)9-18(21)24)10-12-2-7-15-16(8-12)28-11-27-15/h2-8,17H,9-11H2,1H3,(H2,21,24). The normalized spacial score (nSPS) is 19.1. The van der Waals surface area contributed by atoms with Crippen LogP contribution in [0.15, 0.2) is 47.5 Å². The Morgan fingerprint density at radius 2 is 2.00 bits per heavy atom. The minimum Gasteiger partial charge on any atom is -0.497 e. The van der Waals surface area contributed by atoms with E-state index in [1.165, 1.54) is 11.8 Å². The number of fused-ring (bicyclic) bond motifs is 1. The Kier molecular flexibility index (Phi) is 5.30. The molecule has 4 rings (SSSR count). The molecule has 2 amide bonds. The van der Waals surface area contributed by atoms with E-state index >= 15 is 0 Å². The molecule has 1 unspecified atom stereocenters. The number of hydrogen-bond donors (Lipinski definition) is 1. The number of carbonyl (C=O) groups excluding carboxylic acids is 2. The number of methoxy groups -OCH3 is 1. The van der Waals surface area contributed by atoms with Crippen LogP contribution >= 0.6 is 11.8 Å². The largest absolute Gasteiger partial charge is 0.497 e. The summed E-state index contributed by atoms with van der Waals surface area (Å²) in [5.41, 5.74) is 6.86. The molecule has 1 atom stereocenters. The van der Waals surface area contributed by atoms with E-state index < -0.39 is 11.2 Å². The highest BCUT2D eigenvalue weighted by molar-refractivity contribution is 8.15. The zero-order chi connectivity index (χ0) is 20.4. The van der Waals surface area contributed by atoms with Crippen LogP contribution in [0.5, 0.6) is 17.2 Å². The highest BCUT2D eigenvalue weighted by atomic mass is 32.2. The Hall–Kier alpha value is -3.20. The fourth-order valence-electron chi connectivity index (χ4n) is 3.04. The van der Waals surface area contributed by atoms with Crippen LogP contribution in [0.1, 0.15) is 12.0 Å². The number of nitrogens with zero attached hydrogens (tertiary/aromatic N) is 2. The number of benzene rings is 2. The smallest absolute Gasteiger partial charge is 0.242 e. The first-order valence-electron chi connectivity index (χ1n) is 8.91. The Morgan fingerprint density at radius 1 is 1.24 bits per heavy atom. The Morgan fingerprint density at radius 3 is 2.72 bits per heavy atom. The number of thioether (sulfide) groups is 1. The molecule has 0 saturated carbocycles. The fraction of sp³-hybridized carbons (Fsp3) is 0.250. The quantitative estimate of drug-likeness (QED) is 0.780. The van der Waals surface area contributed by atoms with Gasteiger partial charge in [-0.15, -0.1) is 0 Å². The van der Waals surface area contributed by atoms with E-state index in [1.54, 1.807) is 36.3 Å². The molecule has 1 saturated heterocycles. The molecule has 2 heterocycles. The molecule has 1 fully saturated rings. The summed E-state index contributed by atoms with van der Waals surface area (Å²) in [6.45, 7) is 0.481. The maximum atomic E-state index is 12.9. The number of amides is 2. The average Bonchev–Trinajstić information content (AvgIpc) is 3.28. The summed E-state index contributed by atoms with van der Waals surface area (Å²) in [7, 11) is 1.59. The van der Waals surface area contributed by atoms with Crippen molar-refractivity contribution in [3.63, 3.8) is 0 Å². The lowest BCUT2D eigenvalue weighted by Gasteiger charge is -2.17. The second-order valence-electron chi connectivity index (χ2n) is 6.48. The van der Waals surface area contributed by atoms with Crippen LogP contribution in [-0.4, -0.2) is 41.0 Å². The van der Waals surface area contributed by atoms with Crippen molar-refractivity contribution in [2.75, 3.05) is 13.9 Å². The summed E-state index contributed by atoms with van der Waals surface area (Å²) in [5, 5.41) is -0.0670. The van der Waals surface area contributed by atoms with Gasteiger partial charge in [-0.25, -0.2) is 4.99 Å². The highest BCUT2D eigenvalue weighted by Gasteiger charge is 2.39. The van der Waals surface area contributed by atoms with Crippen LogP contribution in [0.3, 0.4) is 0 Å². The third kappa shape index (κ3) is 4.14. The van der Waals surface area contributed by atoms with E-state index in [-0.39, 0.29) is 19.1 Å². The maximum Gasteiger partial charge on any atom is 0.242 e. The molecule has 8 nitrogen and oxygen atoms in total. The van der Waals surface area contributed by atoms with E-state index in [4.69, 9.17) is 19.9 Å². The second kappa shape index (κ2) is 8.04. The van der Waals surface area contributed by atoms with Crippen LogP contribution in [0.4, 0.5) is 5.69 Å². The topological polar surface area (TPSA) is 103 Å². The summed E-state index contributed by atoms with van der Waals surface area (Å²) in [6, 6.07) is 12.7. The molecule has 2 aromatic carbocycles. The van der Waals surface area contributed by atoms with Crippen LogP contribution in [0.2, 0.25) is 0 Å². The molecular weight excluding hydrogens is 394 g/mol. The van der Waals surface area contributed by atoms with E-state index in [0.29, 0.717) is 34.6 Å². The van der Waals surface area contributed by atoms with Gasteiger partial charge in [-0.05, 0) is 42.0 Å². The minimum absolute atomic E-state index is 0.0389. The van der Waals surface area contributed by atoms with Gasteiger partial charge in [0, 0.05) is 6.42 Å². The number of nitrogens with two attached hydrogens (primary N) is 1. The molecule has 2 N–H and O–H groups in total. The molecule has 29 heavy (non-hydrogen) atoms. The van der Waals surface area contributed by atoms with Crippen molar-refractivity contribution in [1.29, 1.82) is 0 Å². The lowest BCUT2D eigenvalue weighted by atomic mass is 10.2. The summed E-state index contributed by atoms with van der Waals surface area (Å²) < 4.78 is 15.9. The van der Waals surface area contributed by atoms with Crippen molar-refractivity contribution in [3.05, 3.63) is 48.0 Å². The molecule has 150 valence electrons. The Labute approximate surface area is 171 Å². The van der Waals surface area contributed by atoms with Gasteiger partial charge in [0.2, 0.25) is 18.6 Å². The van der Waals surface area contributed by atoms with Gasteiger partial charge in [0.15, 0.2) is 16.7 Å². The van der Waals surface area contributed by atoms with Crippen molar-refractivity contribution in [2.45, 2.75) is 18.2 Å². The van der Waals surface area contributed by atoms with Gasteiger partial charge in [-0.3, -0.25) is 14.5 Å². The van der Waals surface area contributed by atoms with Crippen LogP contribution in [0.25, 0.3) is 0 Å². The lowest BCUT2D eigenvalue weighted by Crippen LogP contribution is -2.33. The number of primary amides is 1. The lowest BCUT2D eigenvalue weighted by molar-refractivity contribution is -0.128. The number of rotatable bonds is 6. The average molecular weight is 413 g/mol. The molecular formula is C20H19N3O5S. The summed E-state index contributed by atoms with van der Waals surface area (Å²) in [6.07, 6.45) is -0.0389. The van der Waals surface area contributed by atoms with E-state index in [0.717, 1.165) is 5.56 Å².